The quantitative estimate of drug-likeness (QED) is 0.900. The van der Waals surface area contributed by atoms with Crippen molar-refractivity contribution < 1.29 is 4.39 Å². The maximum absolute atomic E-state index is 13.8. The van der Waals surface area contributed by atoms with Crippen molar-refractivity contribution in [2.45, 2.75) is 19.0 Å². The Hall–Kier alpha value is -1.01. The predicted molar refractivity (Wildman–Crippen MR) is 88.7 cm³/mol. The van der Waals surface area contributed by atoms with Crippen molar-refractivity contribution in [3.8, 4) is 0 Å². The van der Waals surface area contributed by atoms with Gasteiger partial charge in [-0.1, -0.05) is 17.7 Å². The molecule has 0 spiro atoms. The zero-order valence-corrected chi connectivity index (χ0v) is 14.0. The van der Waals surface area contributed by atoms with Gasteiger partial charge in [0.2, 0.25) is 0 Å². The highest BCUT2D eigenvalue weighted by atomic mass is 35.5. The van der Waals surface area contributed by atoms with E-state index in [9.17, 15) is 4.39 Å². The summed E-state index contributed by atoms with van der Waals surface area (Å²) < 4.78 is 13.8. The van der Waals surface area contributed by atoms with Crippen LogP contribution in [-0.4, -0.2) is 30.0 Å². The van der Waals surface area contributed by atoms with Crippen molar-refractivity contribution in [3.63, 3.8) is 0 Å². The third kappa shape index (κ3) is 3.49. The van der Waals surface area contributed by atoms with Crippen LogP contribution in [0.25, 0.3) is 0 Å². The average molecular weight is 340 g/mol. The molecule has 6 heteroatoms. The Balaban J connectivity index is 1.66. The fourth-order valence-electron chi connectivity index (χ4n) is 3.17. The van der Waals surface area contributed by atoms with Gasteiger partial charge >= 0.3 is 0 Å². The van der Waals surface area contributed by atoms with Gasteiger partial charge in [-0.05, 0) is 43.6 Å². The number of hydrogen-bond donors (Lipinski definition) is 1. The first kappa shape index (κ1) is 15.9. The van der Waals surface area contributed by atoms with Crippen molar-refractivity contribution >= 4 is 22.9 Å². The molecule has 1 saturated heterocycles. The van der Waals surface area contributed by atoms with Gasteiger partial charge in [0.25, 0.3) is 0 Å². The first-order valence-electron chi connectivity index (χ1n) is 7.38. The lowest BCUT2D eigenvalue weighted by atomic mass is 9.93. The van der Waals surface area contributed by atoms with Gasteiger partial charge in [0, 0.05) is 24.5 Å². The van der Waals surface area contributed by atoms with E-state index in [1.54, 1.807) is 23.5 Å². The fourth-order valence-corrected chi connectivity index (χ4v) is 3.85. The van der Waals surface area contributed by atoms with Gasteiger partial charge in [-0.3, -0.25) is 4.90 Å². The van der Waals surface area contributed by atoms with Gasteiger partial charge in [-0.15, -0.1) is 11.3 Å². The number of aromatic nitrogens is 1. The molecule has 22 heavy (non-hydrogen) atoms. The second-order valence-electron chi connectivity index (χ2n) is 5.76. The van der Waals surface area contributed by atoms with Gasteiger partial charge in [0.1, 0.15) is 5.82 Å². The monoisotopic (exact) mass is 339 g/mol. The normalized spacial score (nSPS) is 22.3. The molecule has 1 N–H and O–H groups in total. The standard InChI is InChI=1S/C16H19ClFN3S/c1-21-5-4-12(7-19-8-13-9-22-10-20-13)16(21)11-2-3-14(17)15(18)6-11/h2-3,6,9-10,12,16,19H,4-5,7-8H2,1H3/t12-,16-/m0/s1. The molecule has 0 unspecified atom stereocenters. The summed E-state index contributed by atoms with van der Waals surface area (Å²) in [6, 6.07) is 5.39. The molecule has 1 aliphatic rings. The lowest BCUT2D eigenvalue weighted by molar-refractivity contribution is 0.271. The number of rotatable bonds is 5. The third-order valence-electron chi connectivity index (χ3n) is 4.26. The molecule has 1 fully saturated rings. The lowest BCUT2D eigenvalue weighted by Gasteiger charge is -2.26. The Morgan fingerprint density at radius 1 is 1.50 bits per heavy atom. The van der Waals surface area contributed by atoms with E-state index < -0.39 is 0 Å². The number of benzene rings is 1. The fraction of sp³-hybridized carbons (Fsp3) is 0.438. The van der Waals surface area contributed by atoms with Crippen LogP contribution in [0.3, 0.4) is 0 Å². The van der Waals surface area contributed by atoms with Crippen LogP contribution in [0.4, 0.5) is 4.39 Å². The van der Waals surface area contributed by atoms with Crippen molar-refractivity contribution in [1.82, 2.24) is 15.2 Å². The van der Waals surface area contributed by atoms with Crippen LogP contribution in [0.5, 0.6) is 0 Å². The number of hydrogen-bond acceptors (Lipinski definition) is 4. The maximum atomic E-state index is 13.8. The van der Waals surface area contributed by atoms with E-state index >= 15 is 0 Å². The number of nitrogens with one attached hydrogen (secondary N) is 1. The summed E-state index contributed by atoms with van der Waals surface area (Å²) >= 11 is 7.40. The van der Waals surface area contributed by atoms with E-state index in [1.165, 1.54) is 0 Å². The summed E-state index contributed by atoms with van der Waals surface area (Å²) in [5.41, 5.74) is 3.92. The van der Waals surface area contributed by atoms with Gasteiger partial charge in [0.15, 0.2) is 0 Å². The van der Waals surface area contributed by atoms with Gasteiger partial charge in [-0.2, -0.15) is 0 Å². The van der Waals surface area contributed by atoms with E-state index in [4.69, 9.17) is 11.6 Å². The highest BCUT2D eigenvalue weighted by Gasteiger charge is 2.32. The zero-order chi connectivity index (χ0) is 15.5. The Labute approximate surface area is 139 Å². The SMILES string of the molecule is CN1CC[C@@H](CNCc2cscn2)[C@@H]1c1ccc(Cl)c(F)c1. The summed E-state index contributed by atoms with van der Waals surface area (Å²) in [6.07, 6.45) is 1.11. The van der Waals surface area contributed by atoms with Crippen molar-refractivity contribution in [2.75, 3.05) is 20.1 Å². The molecule has 0 radical (unpaired) electrons. The first-order chi connectivity index (χ1) is 10.6. The minimum absolute atomic E-state index is 0.183. The van der Waals surface area contributed by atoms with Crippen LogP contribution in [0.1, 0.15) is 23.7 Å². The minimum atomic E-state index is -0.339. The average Bonchev–Trinajstić information content (AvgIpc) is 3.13. The van der Waals surface area contributed by atoms with E-state index in [1.807, 2.05) is 11.6 Å². The number of likely N-dealkylation sites (tertiary alicyclic amines) is 1. The Kier molecular flexibility index (Phi) is 5.08. The van der Waals surface area contributed by atoms with Crippen molar-refractivity contribution in [1.29, 1.82) is 0 Å². The van der Waals surface area contributed by atoms with Crippen molar-refractivity contribution in [3.05, 3.63) is 51.2 Å². The molecule has 118 valence electrons. The second kappa shape index (κ2) is 7.04. The van der Waals surface area contributed by atoms with Crippen LogP contribution in [-0.2, 0) is 6.54 Å². The second-order valence-corrected chi connectivity index (χ2v) is 6.88. The summed E-state index contributed by atoms with van der Waals surface area (Å²) in [5.74, 6) is 0.123. The molecule has 3 nitrogen and oxygen atoms in total. The van der Waals surface area contributed by atoms with E-state index in [2.05, 4.69) is 27.6 Å². The molecule has 1 aromatic heterocycles. The molecule has 0 aliphatic carbocycles. The molecule has 2 aromatic rings. The smallest absolute Gasteiger partial charge is 0.142 e. The van der Waals surface area contributed by atoms with Gasteiger partial charge < -0.3 is 5.32 Å². The maximum Gasteiger partial charge on any atom is 0.142 e. The van der Waals surface area contributed by atoms with Crippen LogP contribution < -0.4 is 5.32 Å². The molecule has 0 bridgehead atoms. The van der Waals surface area contributed by atoms with E-state index in [0.717, 1.165) is 37.3 Å². The topological polar surface area (TPSA) is 28.2 Å². The molecule has 1 aliphatic heterocycles. The Bertz CT molecular complexity index is 620. The lowest BCUT2D eigenvalue weighted by Crippen LogP contribution is -2.28. The van der Waals surface area contributed by atoms with Crippen LogP contribution in [0.15, 0.2) is 29.1 Å². The summed E-state index contributed by atoms with van der Waals surface area (Å²) in [5, 5.41) is 5.71. The minimum Gasteiger partial charge on any atom is -0.311 e. The molecule has 3 rings (SSSR count). The molecular weight excluding hydrogens is 321 g/mol. The number of nitrogens with zero attached hydrogens (tertiary/aromatic N) is 2. The van der Waals surface area contributed by atoms with Crippen LogP contribution in [0, 0.1) is 11.7 Å². The third-order valence-corrected chi connectivity index (χ3v) is 5.20. The number of halogens is 2. The largest absolute Gasteiger partial charge is 0.311 e. The molecular formula is C16H19ClFN3S. The highest BCUT2D eigenvalue weighted by molar-refractivity contribution is 7.07. The van der Waals surface area contributed by atoms with Crippen LogP contribution in [0.2, 0.25) is 5.02 Å². The van der Waals surface area contributed by atoms with E-state index in [0.29, 0.717) is 5.92 Å². The first-order valence-corrected chi connectivity index (χ1v) is 8.70. The Morgan fingerprint density at radius 3 is 3.09 bits per heavy atom. The summed E-state index contributed by atoms with van der Waals surface area (Å²) in [4.78, 5) is 6.56. The zero-order valence-electron chi connectivity index (χ0n) is 12.4. The molecule has 2 atom stereocenters. The van der Waals surface area contributed by atoms with Crippen LogP contribution >= 0.6 is 22.9 Å². The van der Waals surface area contributed by atoms with Gasteiger partial charge in [-0.25, -0.2) is 9.37 Å². The van der Waals surface area contributed by atoms with E-state index in [-0.39, 0.29) is 16.9 Å². The summed E-state index contributed by atoms with van der Waals surface area (Å²) in [7, 11) is 2.09. The molecule has 0 amide bonds. The summed E-state index contributed by atoms with van der Waals surface area (Å²) in [6.45, 7) is 2.71. The highest BCUT2D eigenvalue weighted by Crippen LogP contribution is 2.36. The van der Waals surface area contributed by atoms with Gasteiger partial charge in [0.05, 0.1) is 16.2 Å². The Morgan fingerprint density at radius 2 is 2.36 bits per heavy atom. The molecule has 1 aromatic carbocycles. The molecule has 0 saturated carbocycles. The predicted octanol–water partition coefficient (Wildman–Crippen LogP) is 3.72. The number of thiazole rings is 1. The molecule has 2 heterocycles. The van der Waals surface area contributed by atoms with Crippen molar-refractivity contribution in [2.24, 2.45) is 5.92 Å².